The van der Waals surface area contributed by atoms with Crippen molar-refractivity contribution in [1.82, 2.24) is 15.1 Å². The van der Waals surface area contributed by atoms with Crippen LogP contribution >= 0.6 is 0 Å². The van der Waals surface area contributed by atoms with E-state index in [1.807, 2.05) is 11.7 Å². The lowest BCUT2D eigenvalue weighted by Crippen LogP contribution is -2.25. The van der Waals surface area contributed by atoms with Crippen molar-refractivity contribution >= 4 is 6.08 Å². The number of aryl methyl sites for hydroxylation is 2. The molecule has 2 rings (SSSR count). The molecule has 118 valence electrons. The van der Waals surface area contributed by atoms with Crippen LogP contribution in [-0.4, -0.2) is 36.6 Å². The number of ether oxygens (including phenoxy) is 1. The molecule has 0 saturated heterocycles. The number of nitrogens with zero attached hydrogens (tertiary/aromatic N) is 2. The lowest BCUT2D eigenvalue weighted by Gasteiger charge is -2.25. The van der Waals surface area contributed by atoms with E-state index < -0.39 is 0 Å². The van der Waals surface area contributed by atoms with E-state index in [-0.39, 0.29) is 0 Å². The molecule has 4 heteroatoms. The van der Waals surface area contributed by atoms with Crippen LogP contribution in [0, 0.1) is 12.8 Å². The van der Waals surface area contributed by atoms with Gasteiger partial charge in [0, 0.05) is 39.0 Å². The monoisotopic (exact) mass is 291 g/mol. The Morgan fingerprint density at radius 3 is 2.81 bits per heavy atom. The zero-order valence-electron chi connectivity index (χ0n) is 13.7. The van der Waals surface area contributed by atoms with Gasteiger partial charge >= 0.3 is 0 Å². The van der Waals surface area contributed by atoms with Crippen LogP contribution in [0.4, 0.5) is 0 Å². The third-order valence-electron chi connectivity index (χ3n) is 4.33. The molecule has 0 amide bonds. The van der Waals surface area contributed by atoms with Crippen LogP contribution < -0.4 is 5.32 Å². The number of rotatable bonds is 7. The minimum absolute atomic E-state index is 0.730. The van der Waals surface area contributed by atoms with E-state index in [9.17, 15) is 0 Å². The first kappa shape index (κ1) is 16.2. The van der Waals surface area contributed by atoms with Crippen molar-refractivity contribution in [1.29, 1.82) is 0 Å². The highest BCUT2D eigenvalue weighted by atomic mass is 16.5. The summed E-state index contributed by atoms with van der Waals surface area (Å²) in [6, 6.07) is 0. The SMILES string of the molecule is COCCNCC(=Cc1cn(C)nc1C)C1CCCCC1. The van der Waals surface area contributed by atoms with Gasteiger partial charge in [0.15, 0.2) is 0 Å². The molecule has 4 nitrogen and oxygen atoms in total. The first-order valence-electron chi connectivity index (χ1n) is 8.11. The minimum Gasteiger partial charge on any atom is -0.383 e. The van der Waals surface area contributed by atoms with E-state index in [4.69, 9.17) is 4.74 Å². The molecule has 0 aromatic carbocycles. The normalized spacial score (nSPS) is 17.4. The fourth-order valence-corrected chi connectivity index (χ4v) is 3.15. The van der Waals surface area contributed by atoms with Gasteiger partial charge in [0.05, 0.1) is 12.3 Å². The molecule has 1 aliphatic carbocycles. The maximum Gasteiger partial charge on any atom is 0.0665 e. The molecule has 1 aromatic heterocycles. The third-order valence-corrected chi connectivity index (χ3v) is 4.33. The van der Waals surface area contributed by atoms with E-state index >= 15 is 0 Å². The minimum atomic E-state index is 0.730. The van der Waals surface area contributed by atoms with Crippen LogP contribution in [0.2, 0.25) is 0 Å². The zero-order chi connectivity index (χ0) is 15.1. The topological polar surface area (TPSA) is 39.1 Å². The third kappa shape index (κ3) is 4.97. The fourth-order valence-electron chi connectivity index (χ4n) is 3.15. The van der Waals surface area contributed by atoms with Gasteiger partial charge < -0.3 is 10.1 Å². The van der Waals surface area contributed by atoms with E-state index in [0.717, 1.165) is 31.3 Å². The summed E-state index contributed by atoms with van der Waals surface area (Å²) in [5.74, 6) is 0.730. The summed E-state index contributed by atoms with van der Waals surface area (Å²) in [4.78, 5) is 0. The summed E-state index contributed by atoms with van der Waals surface area (Å²) in [6.45, 7) is 4.72. The molecule has 0 radical (unpaired) electrons. The van der Waals surface area contributed by atoms with Crippen LogP contribution in [0.15, 0.2) is 11.8 Å². The summed E-state index contributed by atoms with van der Waals surface area (Å²) in [7, 11) is 3.74. The highest BCUT2D eigenvalue weighted by molar-refractivity contribution is 5.55. The molecular weight excluding hydrogens is 262 g/mol. The molecule has 1 fully saturated rings. The number of aromatic nitrogens is 2. The summed E-state index contributed by atoms with van der Waals surface area (Å²) in [5.41, 5.74) is 3.90. The lowest BCUT2D eigenvalue weighted by molar-refractivity contribution is 0.200. The van der Waals surface area contributed by atoms with Crippen molar-refractivity contribution < 1.29 is 4.74 Å². The van der Waals surface area contributed by atoms with Gasteiger partial charge in [0.1, 0.15) is 0 Å². The van der Waals surface area contributed by atoms with Gasteiger partial charge in [-0.15, -0.1) is 0 Å². The van der Waals surface area contributed by atoms with E-state index in [1.54, 1.807) is 7.11 Å². The maximum atomic E-state index is 5.11. The fraction of sp³-hybridized carbons (Fsp3) is 0.706. The van der Waals surface area contributed by atoms with Crippen molar-refractivity contribution in [2.24, 2.45) is 13.0 Å². The molecule has 1 saturated carbocycles. The predicted octanol–water partition coefficient (Wildman–Crippen LogP) is 2.93. The van der Waals surface area contributed by atoms with Gasteiger partial charge in [-0.3, -0.25) is 4.68 Å². The van der Waals surface area contributed by atoms with E-state index in [0.29, 0.717) is 0 Å². The molecule has 21 heavy (non-hydrogen) atoms. The van der Waals surface area contributed by atoms with Crippen molar-refractivity contribution in [3.63, 3.8) is 0 Å². The molecular formula is C17H29N3O. The van der Waals surface area contributed by atoms with Crippen LogP contribution in [0.1, 0.15) is 43.4 Å². The molecule has 1 heterocycles. The Hall–Kier alpha value is -1.13. The van der Waals surface area contributed by atoms with E-state index in [1.165, 1.54) is 43.2 Å². The Morgan fingerprint density at radius 1 is 1.43 bits per heavy atom. The Balaban J connectivity index is 2.07. The quantitative estimate of drug-likeness (QED) is 0.785. The van der Waals surface area contributed by atoms with Crippen molar-refractivity contribution in [3.8, 4) is 0 Å². The first-order valence-corrected chi connectivity index (χ1v) is 8.11. The maximum absolute atomic E-state index is 5.11. The summed E-state index contributed by atoms with van der Waals surface area (Å²) >= 11 is 0. The van der Waals surface area contributed by atoms with Gasteiger partial charge in [-0.25, -0.2) is 0 Å². The summed E-state index contributed by atoms with van der Waals surface area (Å²) in [5, 5.41) is 7.96. The highest BCUT2D eigenvalue weighted by Crippen LogP contribution is 2.30. The van der Waals surface area contributed by atoms with E-state index in [2.05, 4.69) is 29.6 Å². The van der Waals surface area contributed by atoms with Crippen LogP contribution in [0.25, 0.3) is 6.08 Å². The molecule has 1 N–H and O–H groups in total. The standard InChI is InChI=1S/C17H29N3O/c1-14-17(13-20(2)19-14)11-16(12-18-9-10-21-3)15-7-5-4-6-8-15/h11,13,15,18H,4-10,12H2,1-3H3. The second kappa shape index (κ2) is 8.35. The van der Waals surface area contributed by atoms with Gasteiger partial charge in [0.2, 0.25) is 0 Å². The Morgan fingerprint density at radius 2 is 2.19 bits per heavy atom. The molecule has 1 aromatic rings. The van der Waals surface area contributed by atoms with Gasteiger partial charge in [-0.2, -0.15) is 5.10 Å². The highest BCUT2D eigenvalue weighted by Gasteiger charge is 2.18. The van der Waals surface area contributed by atoms with Crippen molar-refractivity contribution in [3.05, 3.63) is 23.0 Å². The second-order valence-corrected chi connectivity index (χ2v) is 6.07. The first-order chi connectivity index (χ1) is 10.2. The molecule has 0 aliphatic heterocycles. The predicted molar refractivity (Wildman–Crippen MR) is 87.2 cm³/mol. The number of methoxy groups -OCH3 is 1. The largest absolute Gasteiger partial charge is 0.383 e. The van der Waals surface area contributed by atoms with Crippen molar-refractivity contribution in [2.75, 3.05) is 26.8 Å². The second-order valence-electron chi connectivity index (χ2n) is 6.07. The van der Waals surface area contributed by atoms with Crippen LogP contribution in [-0.2, 0) is 11.8 Å². The number of hydrogen-bond donors (Lipinski definition) is 1. The molecule has 0 bridgehead atoms. The molecule has 0 unspecified atom stereocenters. The molecule has 0 spiro atoms. The Bertz CT molecular complexity index is 459. The number of hydrogen-bond acceptors (Lipinski definition) is 3. The smallest absolute Gasteiger partial charge is 0.0665 e. The summed E-state index contributed by atoms with van der Waals surface area (Å²) < 4.78 is 7.02. The zero-order valence-corrected chi connectivity index (χ0v) is 13.7. The van der Waals surface area contributed by atoms with Gasteiger partial charge in [0.25, 0.3) is 0 Å². The number of nitrogens with one attached hydrogen (secondary N) is 1. The average Bonchev–Trinajstić information content (AvgIpc) is 2.81. The lowest BCUT2D eigenvalue weighted by atomic mass is 9.83. The van der Waals surface area contributed by atoms with Gasteiger partial charge in [-0.05, 0) is 25.7 Å². The van der Waals surface area contributed by atoms with Crippen molar-refractivity contribution in [2.45, 2.75) is 39.0 Å². The molecule has 0 atom stereocenters. The van der Waals surface area contributed by atoms with Crippen LogP contribution in [0.5, 0.6) is 0 Å². The molecule has 1 aliphatic rings. The van der Waals surface area contributed by atoms with Gasteiger partial charge in [-0.1, -0.05) is 30.9 Å². The average molecular weight is 291 g/mol. The Kier molecular flexibility index (Phi) is 6.46. The Labute approximate surface area is 128 Å². The van der Waals surface area contributed by atoms with Crippen LogP contribution in [0.3, 0.4) is 0 Å². The summed E-state index contributed by atoms with van der Waals surface area (Å²) in [6.07, 6.45) is 11.3.